The van der Waals surface area contributed by atoms with Crippen molar-refractivity contribution in [3.8, 4) is 0 Å². The highest BCUT2D eigenvalue weighted by Gasteiger charge is 2.07. The monoisotopic (exact) mass is 256 g/mol. The highest BCUT2D eigenvalue weighted by molar-refractivity contribution is 5.88. The molecule has 19 heavy (non-hydrogen) atoms. The third-order valence-corrected chi connectivity index (χ3v) is 2.65. The first-order chi connectivity index (χ1) is 9.15. The maximum Gasteiger partial charge on any atom is 0.221 e. The van der Waals surface area contributed by atoms with E-state index in [9.17, 15) is 4.79 Å². The molecule has 1 aromatic carbocycles. The van der Waals surface area contributed by atoms with E-state index in [1.54, 1.807) is 6.20 Å². The van der Waals surface area contributed by atoms with Crippen LogP contribution in [0, 0.1) is 0 Å². The van der Waals surface area contributed by atoms with Gasteiger partial charge in [-0.15, -0.1) is 0 Å². The van der Waals surface area contributed by atoms with E-state index in [0.29, 0.717) is 0 Å². The summed E-state index contributed by atoms with van der Waals surface area (Å²) in [6.07, 6.45) is 3.19. The summed E-state index contributed by atoms with van der Waals surface area (Å²) in [5, 5.41) is 6.05. The second-order valence-electron chi connectivity index (χ2n) is 4.27. The molecule has 0 spiro atoms. The molecule has 0 saturated carbocycles. The maximum atomic E-state index is 11.0. The summed E-state index contributed by atoms with van der Waals surface area (Å²) in [6, 6.07) is 9.63. The Labute approximate surface area is 112 Å². The Bertz CT molecular complexity index is 556. The number of carbonyl (C=O) groups excluding carboxylic acids is 1. The number of hydrogen-bond donors (Lipinski definition) is 2. The first-order valence-electron chi connectivity index (χ1n) is 6.05. The van der Waals surface area contributed by atoms with Gasteiger partial charge in [-0.1, -0.05) is 12.1 Å². The van der Waals surface area contributed by atoms with Crippen molar-refractivity contribution in [1.29, 1.82) is 0 Å². The molecule has 0 aliphatic carbocycles. The van der Waals surface area contributed by atoms with Crippen LogP contribution in [0.1, 0.15) is 25.5 Å². The van der Waals surface area contributed by atoms with E-state index in [-0.39, 0.29) is 11.9 Å². The summed E-state index contributed by atoms with van der Waals surface area (Å²) >= 11 is 0. The van der Waals surface area contributed by atoms with Crippen LogP contribution in [0.5, 0.6) is 0 Å². The number of nitrogens with one attached hydrogen (secondary N) is 2. The summed E-state index contributed by atoms with van der Waals surface area (Å²) in [7, 11) is 0. The number of rotatable bonds is 4. The molecule has 0 aliphatic heterocycles. The molecule has 1 aromatic heterocycles. The minimum Gasteiger partial charge on any atom is -0.363 e. The quantitative estimate of drug-likeness (QED) is 0.882. The van der Waals surface area contributed by atoms with Crippen molar-refractivity contribution < 1.29 is 4.79 Å². The Hall–Kier alpha value is -2.43. The van der Waals surface area contributed by atoms with Crippen molar-refractivity contribution in [1.82, 2.24) is 9.97 Å². The first kappa shape index (κ1) is 13.0. The van der Waals surface area contributed by atoms with Gasteiger partial charge in [-0.25, -0.2) is 9.97 Å². The van der Waals surface area contributed by atoms with Gasteiger partial charge >= 0.3 is 0 Å². The molecule has 1 atom stereocenters. The van der Waals surface area contributed by atoms with E-state index in [1.807, 2.05) is 37.3 Å². The fourth-order valence-corrected chi connectivity index (χ4v) is 1.77. The molecule has 0 saturated heterocycles. The topological polar surface area (TPSA) is 66.9 Å². The summed E-state index contributed by atoms with van der Waals surface area (Å²) in [5.74, 6) is 0.695. The van der Waals surface area contributed by atoms with Gasteiger partial charge in [-0.05, 0) is 30.7 Å². The van der Waals surface area contributed by atoms with Gasteiger partial charge in [0.25, 0.3) is 0 Å². The zero-order chi connectivity index (χ0) is 13.7. The number of hydrogen-bond acceptors (Lipinski definition) is 4. The average Bonchev–Trinajstić information content (AvgIpc) is 2.39. The van der Waals surface area contributed by atoms with E-state index in [4.69, 9.17) is 0 Å². The van der Waals surface area contributed by atoms with Gasteiger partial charge in [0.05, 0.1) is 6.04 Å². The molecule has 5 nitrogen and oxygen atoms in total. The molecule has 5 heteroatoms. The predicted octanol–water partition coefficient (Wildman–Crippen LogP) is 2.61. The van der Waals surface area contributed by atoms with Gasteiger partial charge in [-0.2, -0.15) is 0 Å². The van der Waals surface area contributed by atoms with Gasteiger partial charge in [0.15, 0.2) is 0 Å². The summed E-state index contributed by atoms with van der Waals surface area (Å²) in [4.78, 5) is 19.0. The standard InChI is InChI=1S/C14H16N4O/c1-10(17-14-6-7-15-9-16-14)12-4-3-5-13(8-12)18-11(2)19/h3-10H,1-2H3,(H,18,19)(H,15,16,17). The van der Waals surface area contributed by atoms with Crippen LogP contribution < -0.4 is 10.6 Å². The molecule has 0 aliphatic rings. The van der Waals surface area contributed by atoms with Crippen LogP contribution in [0.2, 0.25) is 0 Å². The molecule has 1 unspecified atom stereocenters. The highest BCUT2D eigenvalue weighted by atomic mass is 16.1. The van der Waals surface area contributed by atoms with Gasteiger partial charge in [0, 0.05) is 18.8 Å². The second-order valence-corrected chi connectivity index (χ2v) is 4.27. The van der Waals surface area contributed by atoms with E-state index in [2.05, 4.69) is 20.6 Å². The van der Waals surface area contributed by atoms with Crippen molar-refractivity contribution in [3.05, 3.63) is 48.4 Å². The Morgan fingerprint density at radius 2 is 2.16 bits per heavy atom. The average molecular weight is 256 g/mol. The normalized spacial score (nSPS) is 11.7. The highest BCUT2D eigenvalue weighted by Crippen LogP contribution is 2.20. The first-order valence-corrected chi connectivity index (χ1v) is 6.05. The van der Waals surface area contributed by atoms with Gasteiger partial charge in [0.1, 0.15) is 12.1 Å². The fraction of sp³-hybridized carbons (Fsp3) is 0.214. The largest absolute Gasteiger partial charge is 0.363 e. The molecule has 1 heterocycles. The van der Waals surface area contributed by atoms with Gasteiger partial charge in [0.2, 0.25) is 5.91 Å². The smallest absolute Gasteiger partial charge is 0.221 e. The molecular weight excluding hydrogens is 240 g/mol. The fourth-order valence-electron chi connectivity index (χ4n) is 1.77. The van der Waals surface area contributed by atoms with Crippen molar-refractivity contribution in [2.24, 2.45) is 0 Å². The summed E-state index contributed by atoms with van der Waals surface area (Å²) < 4.78 is 0. The van der Waals surface area contributed by atoms with E-state index >= 15 is 0 Å². The number of carbonyl (C=O) groups is 1. The molecule has 0 fully saturated rings. The van der Waals surface area contributed by atoms with E-state index in [0.717, 1.165) is 17.1 Å². The number of nitrogens with zero attached hydrogens (tertiary/aromatic N) is 2. The Kier molecular flexibility index (Phi) is 4.07. The van der Waals surface area contributed by atoms with Crippen LogP contribution in [-0.4, -0.2) is 15.9 Å². The second kappa shape index (κ2) is 5.95. The van der Waals surface area contributed by atoms with Crippen molar-refractivity contribution in [3.63, 3.8) is 0 Å². The lowest BCUT2D eigenvalue weighted by Gasteiger charge is -2.15. The van der Waals surface area contributed by atoms with Crippen LogP contribution in [-0.2, 0) is 4.79 Å². The molecule has 0 bridgehead atoms. The van der Waals surface area contributed by atoms with Crippen LogP contribution in [0.15, 0.2) is 42.9 Å². The molecule has 2 rings (SSSR count). The number of amides is 1. The minimum absolute atomic E-state index is 0.0754. The third kappa shape index (κ3) is 3.77. The molecule has 0 radical (unpaired) electrons. The molecule has 2 aromatic rings. The molecule has 2 N–H and O–H groups in total. The van der Waals surface area contributed by atoms with E-state index in [1.165, 1.54) is 13.3 Å². The third-order valence-electron chi connectivity index (χ3n) is 2.65. The van der Waals surface area contributed by atoms with Crippen molar-refractivity contribution >= 4 is 17.4 Å². The Morgan fingerprint density at radius 3 is 2.84 bits per heavy atom. The van der Waals surface area contributed by atoms with Crippen molar-refractivity contribution in [2.75, 3.05) is 10.6 Å². The van der Waals surface area contributed by atoms with Crippen LogP contribution in [0.3, 0.4) is 0 Å². The van der Waals surface area contributed by atoms with Crippen molar-refractivity contribution in [2.45, 2.75) is 19.9 Å². The SMILES string of the molecule is CC(=O)Nc1cccc(C(C)Nc2ccncn2)c1. The lowest BCUT2D eigenvalue weighted by molar-refractivity contribution is -0.114. The van der Waals surface area contributed by atoms with Crippen LogP contribution in [0.4, 0.5) is 11.5 Å². The number of benzene rings is 1. The van der Waals surface area contributed by atoms with E-state index < -0.39 is 0 Å². The van der Waals surface area contributed by atoms with Crippen LogP contribution >= 0.6 is 0 Å². The Balaban J connectivity index is 2.10. The van der Waals surface area contributed by atoms with Gasteiger partial charge in [-0.3, -0.25) is 4.79 Å². The van der Waals surface area contributed by atoms with Crippen LogP contribution in [0.25, 0.3) is 0 Å². The number of aromatic nitrogens is 2. The zero-order valence-corrected chi connectivity index (χ0v) is 10.9. The molecular formula is C14H16N4O. The lowest BCUT2D eigenvalue weighted by Crippen LogP contribution is -2.10. The zero-order valence-electron chi connectivity index (χ0n) is 10.9. The lowest BCUT2D eigenvalue weighted by atomic mass is 10.1. The molecule has 98 valence electrons. The van der Waals surface area contributed by atoms with Gasteiger partial charge < -0.3 is 10.6 Å². The minimum atomic E-state index is -0.0754. The maximum absolute atomic E-state index is 11.0. The number of anilines is 2. The Morgan fingerprint density at radius 1 is 1.32 bits per heavy atom. The summed E-state index contributed by atoms with van der Waals surface area (Å²) in [6.45, 7) is 3.53. The summed E-state index contributed by atoms with van der Waals surface area (Å²) in [5.41, 5.74) is 1.87. The predicted molar refractivity (Wildman–Crippen MR) is 74.8 cm³/mol. The molecule has 1 amide bonds.